The molecule has 1 unspecified atom stereocenters. The van der Waals surface area contributed by atoms with Gasteiger partial charge in [0, 0.05) is 12.5 Å². The average molecular weight is 271 g/mol. The molecule has 0 aliphatic rings. The summed E-state index contributed by atoms with van der Waals surface area (Å²) in [6.07, 6.45) is 1.69. The Morgan fingerprint density at radius 1 is 1.61 bits per heavy atom. The molecule has 0 aliphatic carbocycles. The summed E-state index contributed by atoms with van der Waals surface area (Å²) in [5.41, 5.74) is 7.08. The van der Waals surface area contributed by atoms with Crippen LogP contribution in [0.15, 0.2) is 24.4 Å². The second-order valence-electron chi connectivity index (χ2n) is 3.69. The Hall–Kier alpha value is -1.63. The fourth-order valence-corrected chi connectivity index (χ4v) is 1.55. The molecular formula is C11H15ClN4O2. The molecule has 4 N–H and O–H groups in total. The number of fused-ring (bicyclic) bond motifs is 1. The number of hydrogen-bond donors (Lipinski definition) is 3. The Morgan fingerprint density at radius 3 is 3.11 bits per heavy atom. The molecule has 0 aliphatic heterocycles. The second-order valence-corrected chi connectivity index (χ2v) is 3.69. The number of aromatic nitrogens is 2. The van der Waals surface area contributed by atoms with E-state index in [1.165, 1.54) is 7.11 Å². The number of para-hydroxylation sites is 1. The van der Waals surface area contributed by atoms with E-state index in [-0.39, 0.29) is 24.9 Å². The predicted molar refractivity (Wildman–Crippen MR) is 71.8 cm³/mol. The van der Waals surface area contributed by atoms with Crippen molar-refractivity contribution in [3.8, 4) is 0 Å². The Bertz CT molecular complexity index is 528. The van der Waals surface area contributed by atoms with Crippen LogP contribution in [0, 0.1) is 0 Å². The van der Waals surface area contributed by atoms with Crippen molar-refractivity contribution in [1.82, 2.24) is 10.2 Å². The standard InChI is InChI=1S/C11H14N4O2.ClH/c1-17-6-8(12)11(16)14-9-4-2-3-7-5-13-15-10(7)9;/h2-5,8H,6,12H2,1H3,(H,13,15)(H,14,16);1H. The largest absolute Gasteiger partial charge is 0.383 e. The van der Waals surface area contributed by atoms with E-state index < -0.39 is 6.04 Å². The number of nitrogens with zero attached hydrogens (tertiary/aromatic N) is 1. The van der Waals surface area contributed by atoms with Crippen molar-refractivity contribution in [2.45, 2.75) is 6.04 Å². The number of ether oxygens (including phenoxy) is 1. The highest BCUT2D eigenvalue weighted by atomic mass is 35.5. The number of hydrogen-bond acceptors (Lipinski definition) is 4. The predicted octanol–water partition coefficient (Wildman–Crippen LogP) is 0.897. The smallest absolute Gasteiger partial charge is 0.243 e. The maximum absolute atomic E-state index is 11.7. The van der Waals surface area contributed by atoms with Gasteiger partial charge >= 0.3 is 0 Å². The van der Waals surface area contributed by atoms with E-state index in [0.717, 1.165) is 10.9 Å². The van der Waals surface area contributed by atoms with Gasteiger partial charge in [-0.1, -0.05) is 12.1 Å². The van der Waals surface area contributed by atoms with E-state index in [9.17, 15) is 4.79 Å². The van der Waals surface area contributed by atoms with E-state index in [4.69, 9.17) is 10.5 Å². The number of amides is 1. The van der Waals surface area contributed by atoms with E-state index in [1.54, 1.807) is 12.3 Å². The van der Waals surface area contributed by atoms with Gasteiger partial charge in [-0.3, -0.25) is 9.89 Å². The van der Waals surface area contributed by atoms with Crippen molar-refractivity contribution in [1.29, 1.82) is 0 Å². The molecule has 1 atom stereocenters. The number of methoxy groups -OCH3 is 1. The van der Waals surface area contributed by atoms with Crippen LogP contribution < -0.4 is 11.1 Å². The summed E-state index contributed by atoms with van der Waals surface area (Å²) in [6.45, 7) is 0.185. The number of anilines is 1. The molecule has 2 aromatic rings. The van der Waals surface area contributed by atoms with Crippen LogP contribution in [-0.2, 0) is 9.53 Å². The molecule has 0 bridgehead atoms. The van der Waals surface area contributed by atoms with E-state index in [2.05, 4.69) is 15.5 Å². The Kier molecular flexibility index (Phi) is 5.08. The molecular weight excluding hydrogens is 256 g/mol. The fourth-order valence-electron chi connectivity index (χ4n) is 1.55. The minimum Gasteiger partial charge on any atom is -0.383 e. The normalized spacial score (nSPS) is 11.9. The summed E-state index contributed by atoms with van der Waals surface area (Å²) < 4.78 is 4.83. The molecule has 0 saturated carbocycles. The maximum Gasteiger partial charge on any atom is 0.243 e. The van der Waals surface area contributed by atoms with Crippen molar-refractivity contribution >= 4 is 34.9 Å². The molecule has 1 amide bonds. The highest BCUT2D eigenvalue weighted by Crippen LogP contribution is 2.20. The summed E-state index contributed by atoms with van der Waals surface area (Å²) >= 11 is 0. The first-order valence-corrected chi connectivity index (χ1v) is 5.20. The molecule has 7 heteroatoms. The van der Waals surface area contributed by atoms with Crippen molar-refractivity contribution in [3.05, 3.63) is 24.4 Å². The molecule has 0 spiro atoms. The Labute approximate surface area is 110 Å². The minimum absolute atomic E-state index is 0. The number of H-pyrrole nitrogens is 1. The van der Waals surface area contributed by atoms with Gasteiger partial charge < -0.3 is 15.8 Å². The first-order chi connectivity index (χ1) is 8.22. The molecule has 18 heavy (non-hydrogen) atoms. The third-order valence-electron chi connectivity index (χ3n) is 2.42. The van der Waals surface area contributed by atoms with Gasteiger partial charge in [-0.2, -0.15) is 5.10 Å². The van der Waals surface area contributed by atoms with Gasteiger partial charge in [0.15, 0.2) is 0 Å². The highest BCUT2D eigenvalue weighted by molar-refractivity contribution is 6.02. The van der Waals surface area contributed by atoms with Crippen LogP contribution in [0.2, 0.25) is 0 Å². The third kappa shape index (κ3) is 2.98. The van der Waals surface area contributed by atoms with Gasteiger partial charge in [0.1, 0.15) is 6.04 Å². The van der Waals surface area contributed by atoms with Gasteiger partial charge in [-0.25, -0.2) is 0 Å². The van der Waals surface area contributed by atoms with Gasteiger partial charge in [-0.05, 0) is 6.07 Å². The van der Waals surface area contributed by atoms with Gasteiger partial charge in [0.25, 0.3) is 0 Å². The number of carbonyl (C=O) groups excluding carboxylic acids is 1. The molecule has 98 valence electrons. The lowest BCUT2D eigenvalue weighted by atomic mass is 10.2. The summed E-state index contributed by atoms with van der Waals surface area (Å²) in [5, 5.41) is 10.4. The molecule has 1 aromatic carbocycles. The van der Waals surface area contributed by atoms with E-state index in [0.29, 0.717) is 5.69 Å². The minimum atomic E-state index is -0.682. The topological polar surface area (TPSA) is 93.0 Å². The third-order valence-corrected chi connectivity index (χ3v) is 2.42. The summed E-state index contributed by atoms with van der Waals surface area (Å²) in [7, 11) is 1.50. The van der Waals surface area contributed by atoms with Gasteiger partial charge in [0.05, 0.1) is 24.0 Å². The second kappa shape index (κ2) is 6.34. The van der Waals surface area contributed by atoms with Crippen molar-refractivity contribution in [2.75, 3.05) is 19.0 Å². The summed E-state index contributed by atoms with van der Waals surface area (Å²) in [4.78, 5) is 11.7. The van der Waals surface area contributed by atoms with Crippen LogP contribution in [0.1, 0.15) is 0 Å². The van der Waals surface area contributed by atoms with Gasteiger partial charge in [-0.15, -0.1) is 12.4 Å². The number of halogens is 1. The van der Waals surface area contributed by atoms with E-state index in [1.807, 2.05) is 12.1 Å². The van der Waals surface area contributed by atoms with Crippen molar-refractivity contribution in [2.24, 2.45) is 5.73 Å². The molecule has 0 radical (unpaired) electrons. The Morgan fingerprint density at radius 2 is 2.39 bits per heavy atom. The number of nitrogens with one attached hydrogen (secondary N) is 2. The summed E-state index contributed by atoms with van der Waals surface area (Å²) in [6, 6.07) is 4.86. The molecule has 2 rings (SSSR count). The van der Waals surface area contributed by atoms with Crippen LogP contribution in [0.4, 0.5) is 5.69 Å². The molecule has 6 nitrogen and oxygen atoms in total. The zero-order valence-corrected chi connectivity index (χ0v) is 10.7. The van der Waals surface area contributed by atoms with Crippen LogP contribution in [0.25, 0.3) is 10.9 Å². The number of rotatable bonds is 4. The lowest BCUT2D eigenvalue weighted by Gasteiger charge is -2.11. The molecule has 0 fully saturated rings. The first kappa shape index (κ1) is 14.4. The quantitative estimate of drug-likeness (QED) is 0.769. The lowest BCUT2D eigenvalue weighted by Crippen LogP contribution is -2.39. The summed E-state index contributed by atoms with van der Waals surface area (Å²) in [5.74, 6) is -0.283. The lowest BCUT2D eigenvalue weighted by molar-refractivity contribution is -0.118. The number of nitrogens with two attached hydrogens (primary N) is 1. The zero-order valence-electron chi connectivity index (χ0n) is 9.84. The first-order valence-electron chi connectivity index (χ1n) is 5.20. The molecule has 1 aromatic heterocycles. The number of aromatic amines is 1. The van der Waals surface area contributed by atoms with Crippen LogP contribution >= 0.6 is 12.4 Å². The Balaban J connectivity index is 0.00000162. The number of carbonyl (C=O) groups is 1. The van der Waals surface area contributed by atoms with Crippen LogP contribution in [0.5, 0.6) is 0 Å². The SMILES string of the molecule is COCC(N)C(=O)Nc1cccc2cn[nH]c12.Cl. The van der Waals surface area contributed by atoms with E-state index >= 15 is 0 Å². The van der Waals surface area contributed by atoms with Gasteiger partial charge in [0.2, 0.25) is 5.91 Å². The fraction of sp³-hybridized carbons (Fsp3) is 0.273. The number of benzene rings is 1. The average Bonchev–Trinajstić information content (AvgIpc) is 2.78. The maximum atomic E-state index is 11.7. The zero-order chi connectivity index (χ0) is 12.3. The van der Waals surface area contributed by atoms with Crippen molar-refractivity contribution in [3.63, 3.8) is 0 Å². The monoisotopic (exact) mass is 270 g/mol. The van der Waals surface area contributed by atoms with Crippen LogP contribution in [0.3, 0.4) is 0 Å². The highest BCUT2D eigenvalue weighted by Gasteiger charge is 2.14. The van der Waals surface area contributed by atoms with Crippen molar-refractivity contribution < 1.29 is 9.53 Å². The van der Waals surface area contributed by atoms with Crippen LogP contribution in [-0.4, -0.2) is 35.9 Å². The molecule has 1 heterocycles. The molecule has 0 saturated heterocycles.